The third-order valence-electron chi connectivity index (χ3n) is 2.06. The largest absolute Gasteiger partial charge is 0.393 e. The molecule has 3 N–H and O–H groups in total. The zero-order chi connectivity index (χ0) is 12.8. The van der Waals surface area contributed by atoms with E-state index >= 15 is 0 Å². The summed E-state index contributed by atoms with van der Waals surface area (Å²) in [5.41, 5.74) is 5.81. The highest BCUT2D eigenvalue weighted by Gasteiger charge is 2.09. The lowest BCUT2D eigenvalue weighted by Gasteiger charge is -2.06. The van der Waals surface area contributed by atoms with Crippen LogP contribution < -0.4 is 11.1 Å². The molecular weight excluding hydrogens is 324 g/mol. The van der Waals surface area contributed by atoms with Gasteiger partial charge in [-0.25, -0.2) is 0 Å². The Morgan fingerprint density at radius 3 is 2.88 bits per heavy atom. The van der Waals surface area contributed by atoms with E-state index in [1.165, 1.54) is 0 Å². The van der Waals surface area contributed by atoms with Crippen LogP contribution in [-0.4, -0.2) is 17.4 Å². The maximum absolute atomic E-state index is 11.8. The third kappa shape index (κ3) is 5.02. The van der Waals surface area contributed by atoms with Crippen LogP contribution in [0.5, 0.6) is 0 Å². The second kappa shape index (κ2) is 6.93. The average Bonchev–Trinajstić information content (AvgIpc) is 2.27. The minimum Gasteiger partial charge on any atom is -0.393 e. The van der Waals surface area contributed by atoms with Gasteiger partial charge < -0.3 is 11.1 Å². The van der Waals surface area contributed by atoms with Crippen LogP contribution in [0.15, 0.2) is 22.7 Å². The quantitative estimate of drug-likeness (QED) is 0.642. The van der Waals surface area contributed by atoms with Crippen molar-refractivity contribution in [3.63, 3.8) is 0 Å². The predicted molar refractivity (Wildman–Crippen MR) is 77.5 cm³/mol. The summed E-state index contributed by atoms with van der Waals surface area (Å²) in [6.45, 7) is 0.527. The molecule has 0 spiro atoms. The Morgan fingerprint density at radius 1 is 1.53 bits per heavy atom. The van der Waals surface area contributed by atoms with Gasteiger partial charge in [0.1, 0.15) is 0 Å². The molecule has 92 valence electrons. The molecule has 0 aliphatic heterocycles. The van der Waals surface area contributed by atoms with Crippen molar-refractivity contribution in [2.45, 2.75) is 12.8 Å². The van der Waals surface area contributed by atoms with Gasteiger partial charge in [-0.3, -0.25) is 4.79 Å². The van der Waals surface area contributed by atoms with Crippen LogP contribution >= 0.6 is 39.7 Å². The second-order valence-corrected chi connectivity index (χ2v) is 5.30. The summed E-state index contributed by atoms with van der Waals surface area (Å²) < 4.78 is 0.815. The number of carbonyl (C=O) groups excluding carboxylic acids is 1. The van der Waals surface area contributed by atoms with Gasteiger partial charge in [-0.15, -0.1) is 0 Å². The Balaban J connectivity index is 2.52. The lowest BCUT2D eigenvalue weighted by atomic mass is 10.2. The minimum absolute atomic E-state index is 0.195. The normalized spacial score (nSPS) is 10.0. The number of nitrogens with one attached hydrogen (secondary N) is 1. The van der Waals surface area contributed by atoms with Crippen LogP contribution in [-0.2, 0) is 0 Å². The van der Waals surface area contributed by atoms with Crippen molar-refractivity contribution in [1.29, 1.82) is 0 Å². The maximum Gasteiger partial charge on any atom is 0.252 e. The van der Waals surface area contributed by atoms with Gasteiger partial charge in [0.15, 0.2) is 0 Å². The van der Waals surface area contributed by atoms with Crippen molar-refractivity contribution >= 4 is 50.6 Å². The summed E-state index contributed by atoms with van der Waals surface area (Å²) in [4.78, 5) is 12.2. The first-order valence-electron chi connectivity index (χ1n) is 5.02. The Kier molecular flexibility index (Phi) is 5.88. The molecule has 0 aliphatic carbocycles. The summed E-state index contributed by atoms with van der Waals surface area (Å²) in [5.74, 6) is -0.195. The highest BCUT2D eigenvalue weighted by molar-refractivity contribution is 9.10. The third-order valence-corrected chi connectivity index (χ3v) is 3.09. The van der Waals surface area contributed by atoms with E-state index < -0.39 is 0 Å². The van der Waals surface area contributed by atoms with Crippen LogP contribution in [0.2, 0.25) is 5.02 Å². The molecule has 0 saturated heterocycles. The number of halogens is 2. The molecule has 0 bridgehead atoms. The zero-order valence-corrected chi connectivity index (χ0v) is 12.2. The summed E-state index contributed by atoms with van der Waals surface area (Å²) in [5, 5.41) is 3.19. The van der Waals surface area contributed by atoms with E-state index in [0.717, 1.165) is 10.9 Å². The molecule has 0 heterocycles. The van der Waals surface area contributed by atoms with Crippen molar-refractivity contribution in [3.8, 4) is 0 Å². The molecule has 0 radical (unpaired) electrons. The summed E-state index contributed by atoms with van der Waals surface area (Å²) >= 11 is 14.0. The molecule has 0 fully saturated rings. The predicted octanol–water partition coefficient (Wildman–Crippen LogP) is 2.90. The van der Waals surface area contributed by atoms with Gasteiger partial charge >= 0.3 is 0 Å². The van der Waals surface area contributed by atoms with Gasteiger partial charge in [-0.05, 0) is 31.0 Å². The number of hydrogen-bond acceptors (Lipinski definition) is 2. The van der Waals surface area contributed by atoms with Crippen LogP contribution in [0.4, 0.5) is 0 Å². The number of hydrogen-bond donors (Lipinski definition) is 2. The Labute approximate surface area is 119 Å². The molecule has 1 amide bonds. The van der Waals surface area contributed by atoms with E-state index in [2.05, 4.69) is 21.2 Å². The molecule has 6 heteroatoms. The molecule has 0 aliphatic rings. The van der Waals surface area contributed by atoms with E-state index in [9.17, 15) is 4.79 Å². The molecule has 1 rings (SSSR count). The van der Waals surface area contributed by atoms with Crippen molar-refractivity contribution < 1.29 is 4.79 Å². The molecule has 0 saturated carbocycles. The smallest absolute Gasteiger partial charge is 0.252 e. The standard InChI is InChI=1S/C11H12BrClN2OS/c12-7-3-4-9(13)8(6-7)11(16)15-5-1-2-10(14)17/h3-4,6H,1-2,5H2,(H2,14,17)(H,15,16). The van der Waals surface area contributed by atoms with Gasteiger partial charge in [0.25, 0.3) is 5.91 Å². The molecule has 0 aromatic heterocycles. The lowest BCUT2D eigenvalue weighted by Crippen LogP contribution is -2.25. The zero-order valence-electron chi connectivity index (χ0n) is 9.00. The number of carbonyl (C=O) groups is 1. The summed E-state index contributed by atoms with van der Waals surface area (Å²) in [6, 6.07) is 5.15. The van der Waals surface area contributed by atoms with Crippen molar-refractivity contribution in [2.24, 2.45) is 5.73 Å². The summed E-state index contributed by atoms with van der Waals surface area (Å²) in [7, 11) is 0. The Hall–Kier alpha value is -0.650. The molecule has 17 heavy (non-hydrogen) atoms. The number of amides is 1. The van der Waals surface area contributed by atoms with Crippen molar-refractivity contribution in [1.82, 2.24) is 5.32 Å². The van der Waals surface area contributed by atoms with Gasteiger partial charge in [-0.2, -0.15) is 0 Å². The SMILES string of the molecule is NC(=S)CCCNC(=O)c1cc(Br)ccc1Cl. The first-order valence-corrected chi connectivity index (χ1v) is 6.60. The first kappa shape index (κ1) is 14.4. The number of rotatable bonds is 5. The highest BCUT2D eigenvalue weighted by atomic mass is 79.9. The first-order chi connectivity index (χ1) is 8.00. The van der Waals surface area contributed by atoms with E-state index in [1.807, 2.05) is 0 Å². The fourth-order valence-corrected chi connectivity index (χ4v) is 1.94. The Morgan fingerprint density at radius 2 is 2.24 bits per heavy atom. The topological polar surface area (TPSA) is 55.1 Å². The molecule has 3 nitrogen and oxygen atoms in total. The molecule has 1 aromatic rings. The number of benzene rings is 1. The van der Waals surface area contributed by atoms with Gasteiger partial charge in [0.05, 0.1) is 15.6 Å². The number of thiocarbonyl (C=S) groups is 1. The van der Waals surface area contributed by atoms with Crippen LogP contribution in [0.3, 0.4) is 0 Å². The maximum atomic E-state index is 11.8. The molecule has 1 aromatic carbocycles. The van der Waals surface area contributed by atoms with E-state index in [1.54, 1.807) is 18.2 Å². The van der Waals surface area contributed by atoms with Gasteiger partial charge in [-0.1, -0.05) is 39.7 Å². The van der Waals surface area contributed by atoms with E-state index in [4.69, 9.17) is 29.6 Å². The fraction of sp³-hybridized carbons (Fsp3) is 0.273. The summed E-state index contributed by atoms with van der Waals surface area (Å²) in [6.07, 6.45) is 1.36. The molecule has 0 atom stereocenters. The van der Waals surface area contributed by atoms with Crippen LogP contribution in [0.25, 0.3) is 0 Å². The number of nitrogens with two attached hydrogens (primary N) is 1. The van der Waals surface area contributed by atoms with Gasteiger partial charge in [0.2, 0.25) is 0 Å². The van der Waals surface area contributed by atoms with Crippen molar-refractivity contribution in [2.75, 3.05) is 6.54 Å². The van der Waals surface area contributed by atoms with Gasteiger partial charge in [0, 0.05) is 11.0 Å². The second-order valence-electron chi connectivity index (χ2n) is 3.45. The van der Waals surface area contributed by atoms with Crippen LogP contribution in [0, 0.1) is 0 Å². The van der Waals surface area contributed by atoms with E-state index in [-0.39, 0.29) is 5.91 Å². The Bertz CT molecular complexity index is 439. The average molecular weight is 336 g/mol. The lowest BCUT2D eigenvalue weighted by molar-refractivity contribution is 0.0953. The minimum atomic E-state index is -0.195. The molecular formula is C11H12BrClN2OS. The molecule has 0 unspecified atom stereocenters. The van der Waals surface area contributed by atoms with E-state index in [0.29, 0.717) is 28.5 Å². The van der Waals surface area contributed by atoms with Crippen molar-refractivity contribution in [3.05, 3.63) is 33.3 Å². The fourth-order valence-electron chi connectivity index (χ4n) is 1.23. The monoisotopic (exact) mass is 334 g/mol. The highest BCUT2D eigenvalue weighted by Crippen LogP contribution is 2.20. The van der Waals surface area contributed by atoms with Crippen LogP contribution in [0.1, 0.15) is 23.2 Å².